The number of halogens is 1. The fraction of sp³-hybridized carbons (Fsp3) is 0.476. The highest BCUT2D eigenvalue weighted by Gasteiger charge is 2.53. The highest BCUT2D eigenvalue weighted by atomic mass is 32.1. The molecule has 1 aliphatic carbocycles. The zero-order valence-corrected chi connectivity index (χ0v) is 16.5. The van der Waals surface area contributed by atoms with Crippen molar-refractivity contribution in [2.24, 2.45) is 17.8 Å². The van der Waals surface area contributed by atoms with E-state index in [2.05, 4.69) is 5.32 Å². The number of anilines is 2. The summed E-state index contributed by atoms with van der Waals surface area (Å²) >= 11 is 1.43. The second kappa shape index (κ2) is 7.46. The van der Waals surface area contributed by atoms with Crippen LogP contribution in [0.25, 0.3) is 0 Å². The molecule has 1 aromatic carbocycles. The summed E-state index contributed by atoms with van der Waals surface area (Å²) in [6.45, 7) is 5.32. The van der Waals surface area contributed by atoms with E-state index in [1.54, 1.807) is 11.0 Å². The fourth-order valence-corrected chi connectivity index (χ4v) is 5.26. The Bertz CT molecular complexity index is 843. The van der Waals surface area contributed by atoms with E-state index in [9.17, 15) is 9.18 Å². The predicted octanol–water partition coefficient (Wildman–Crippen LogP) is 2.84. The van der Waals surface area contributed by atoms with E-state index in [0.717, 1.165) is 13.1 Å². The summed E-state index contributed by atoms with van der Waals surface area (Å²) in [7, 11) is 0. The Balaban J connectivity index is 1.41. The van der Waals surface area contributed by atoms with Gasteiger partial charge in [0.15, 0.2) is 0 Å². The van der Waals surface area contributed by atoms with Gasteiger partial charge in [0.2, 0.25) is 0 Å². The van der Waals surface area contributed by atoms with Crippen LogP contribution in [0.3, 0.4) is 0 Å². The summed E-state index contributed by atoms with van der Waals surface area (Å²) < 4.78 is 20.3. The zero-order chi connectivity index (χ0) is 19.1. The van der Waals surface area contributed by atoms with Gasteiger partial charge in [0, 0.05) is 25.3 Å². The minimum absolute atomic E-state index is 0.0357. The van der Waals surface area contributed by atoms with Crippen molar-refractivity contribution in [3.8, 4) is 0 Å². The third kappa shape index (κ3) is 3.32. The Labute approximate surface area is 168 Å². The van der Waals surface area contributed by atoms with Gasteiger partial charge in [0.25, 0.3) is 5.91 Å². The van der Waals surface area contributed by atoms with Crippen LogP contribution < -0.4 is 15.1 Å². The summed E-state index contributed by atoms with van der Waals surface area (Å²) in [5, 5.41) is 5.30. The number of morpholine rings is 1. The molecule has 3 aliphatic rings. The van der Waals surface area contributed by atoms with E-state index >= 15 is 0 Å². The standard InChI is InChI=1S/C21H24FN3O2S/c22-18-10-14(3-4-19(18)24-5-7-27-8-6-24)25(21(26)20-2-1-9-28-20)13-17-15-11-23-12-16(15)17/h1-4,9-10,15-17,23H,5-8,11-13H2/t15-,16+,17?. The zero-order valence-electron chi connectivity index (χ0n) is 15.6. The third-order valence-electron chi connectivity index (χ3n) is 6.23. The van der Waals surface area contributed by atoms with E-state index in [1.807, 2.05) is 28.5 Å². The SMILES string of the molecule is O=C(c1cccs1)N(CC1[C@H]2CNC[C@@H]12)c1ccc(N2CCOCC2)c(F)c1. The van der Waals surface area contributed by atoms with Crippen molar-refractivity contribution in [2.45, 2.75) is 0 Å². The molecule has 3 heterocycles. The van der Waals surface area contributed by atoms with Crippen molar-refractivity contribution >= 4 is 28.6 Å². The van der Waals surface area contributed by atoms with Gasteiger partial charge >= 0.3 is 0 Å². The summed E-state index contributed by atoms with van der Waals surface area (Å²) in [6, 6.07) is 8.93. The van der Waals surface area contributed by atoms with Crippen molar-refractivity contribution in [1.82, 2.24) is 5.32 Å². The number of piperidine rings is 1. The van der Waals surface area contributed by atoms with E-state index in [-0.39, 0.29) is 11.7 Å². The minimum Gasteiger partial charge on any atom is -0.378 e. The van der Waals surface area contributed by atoms with Gasteiger partial charge in [-0.3, -0.25) is 4.79 Å². The molecule has 2 aromatic rings. The molecule has 0 radical (unpaired) electrons. The molecule has 5 nitrogen and oxygen atoms in total. The quantitative estimate of drug-likeness (QED) is 0.837. The Morgan fingerprint density at radius 1 is 1.25 bits per heavy atom. The van der Waals surface area contributed by atoms with Crippen LogP contribution in [0.15, 0.2) is 35.7 Å². The first-order chi connectivity index (χ1) is 13.7. The van der Waals surface area contributed by atoms with Crippen LogP contribution in [0, 0.1) is 23.6 Å². The molecule has 1 amide bonds. The maximum atomic E-state index is 15.0. The molecule has 28 heavy (non-hydrogen) atoms. The molecule has 3 fully saturated rings. The van der Waals surface area contributed by atoms with Gasteiger partial charge in [-0.1, -0.05) is 6.07 Å². The third-order valence-corrected chi connectivity index (χ3v) is 7.09. The maximum Gasteiger partial charge on any atom is 0.268 e. The van der Waals surface area contributed by atoms with Crippen LogP contribution in [0.4, 0.5) is 15.8 Å². The topological polar surface area (TPSA) is 44.8 Å². The van der Waals surface area contributed by atoms with E-state index < -0.39 is 0 Å². The minimum atomic E-state index is -0.277. The van der Waals surface area contributed by atoms with E-state index in [4.69, 9.17) is 4.74 Å². The Kier molecular flexibility index (Phi) is 4.82. The number of amides is 1. The second-order valence-corrected chi connectivity index (χ2v) is 8.73. The maximum absolute atomic E-state index is 15.0. The summed E-state index contributed by atoms with van der Waals surface area (Å²) in [5.41, 5.74) is 1.23. The number of nitrogens with one attached hydrogen (secondary N) is 1. The molecule has 148 valence electrons. The van der Waals surface area contributed by atoms with Crippen LogP contribution in [0.2, 0.25) is 0 Å². The Hall–Kier alpha value is -1.96. The molecule has 0 spiro atoms. The van der Waals surface area contributed by atoms with Gasteiger partial charge in [-0.05, 0) is 60.5 Å². The number of thiophene rings is 1. The molecule has 0 bridgehead atoms. The first-order valence-corrected chi connectivity index (χ1v) is 10.8. The lowest BCUT2D eigenvalue weighted by Gasteiger charge is -2.30. The number of hydrogen-bond donors (Lipinski definition) is 1. The highest BCUT2D eigenvalue weighted by Crippen LogP contribution is 2.49. The van der Waals surface area contributed by atoms with Crippen LogP contribution in [0.5, 0.6) is 0 Å². The second-order valence-electron chi connectivity index (χ2n) is 7.78. The van der Waals surface area contributed by atoms with Gasteiger partial charge in [0.05, 0.1) is 23.8 Å². The fourth-order valence-electron chi connectivity index (χ4n) is 4.59. The van der Waals surface area contributed by atoms with E-state index in [1.165, 1.54) is 17.4 Å². The molecule has 1 aromatic heterocycles. The molecule has 1 unspecified atom stereocenters. The number of benzene rings is 1. The molecule has 2 aliphatic heterocycles. The molecule has 7 heteroatoms. The lowest BCUT2D eigenvalue weighted by molar-refractivity contribution is 0.0988. The number of fused-ring (bicyclic) bond motifs is 1. The van der Waals surface area contributed by atoms with Gasteiger partial charge in [0.1, 0.15) is 5.82 Å². The number of nitrogens with zero attached hydrogens (tertiary/aromatic N) is 2. The van der Waals surface area contributed by atoms with Gasteiger partial charge in [-0.15, -0.1) is 11.3 Å². The van der Waals surface area contributed by atoms with Crippen molar-refractivity contribution in [3.05, 3.63) is 46.4 Å². The van der Waals surface area contributed by atoms with Crippen LogP contribution in [-0.4, -0.2) is 51.8 Å². The molecule has 1 saturated carbocycles. The van der Waals surface area contributed by atoms with Crippen LogP contribution in [0.1, 0.15) is 9.67 Å². The van der Waals surface area contributed by atoms with Crippen LogP contribution >= 0.6 is 11.3 Å². The average Bonchev–Trinajstić information content (AvgIpc) is 3.16. The van der Waals surface area contributed by atoms with Crippen molar-refractivity contribution in [1.29, 1.82) is 0 Å². The normalized spacial score (nSPS) is 26.2. The van der Waals surface area contributed by atoms with Gasteiger partial charge < -0.3 is 19.9 Å². The molecule has 1 N–H and O–H groups in total. The molecule has 3 atom stereocenters. The molecule has 2 saturated heterocycles. The number of hydrogen-bond acceptors (Lipinski definition) is 5. The predicted molar refractivity (Wildman–Crippen MR) is 109 cm³/mol. The number of rotatable bonds is 5. The average molecular weight is 402 g/mol. The summed E-state index contributed by atoms with van der Waals surface area (Å²) in [6.07, 6.45) is 0. The van der Waals surface area contributed by atoms with Crippen molar-refractivity contribution in [3.63, 3.8) is 0 Å². The van der Waals surface area contributed by atoms with Gasteiger partial charge in [-0.25, -0.2) is 4.39 Å². The molecular weight excluding hydrogens is 377 g/mol. The number of carbonyl (C=O) groups excluding carboxylic acids is 1. The first-order valence-electron chi connectivity index (χ1n) is 9.91. The smallest absolute Gasteiger partial charge is 0.268 e. The van der Waals surface area contributed by atoms with E-state index in [0.29, 0.717) is 66.9 Å². The van der Waals surface area contributed by atoms with Crippen molar-refractivity contribution < 1.29 is 13.9 Å². The van der Waals surface area contributed by atoms with Gasteiger partial charge in [-0.2, -0.15) is 0 Å². The Morgan fingerprint density at radius 3 is 2.71 bits per heavy atom. The highest BCUT2D eigenvalue weighted by molar-refractivity contribution is 7.12. The Morgan fingerprint density at radius 2 is 2.04 bits per heavy atom. The number of ether oxygens (including phenoxy) is 1. The number of carbonyl (C=O) groups is 1. The lowest BCUT2D eigenvalue weighted by atomic mass is 10.2. The molecule has 5 rings (SSSR count). The first kappa shape index (κ1) is 18.1. The summed E-state index contributed by atoms with van der Waals surface area (Å²) in [5.74, 6) is 1.49. The monoisotopic (exact) mass is 401 g/mol. The largest absolute Gasteiger partial charge is 0.378 e. The lowest BCUT2D eigenvalue weighted by Crippen LogP contribution is -2.37. The summed E-state index contributed by atoms with van der Waals surface area (Å²) in [4.78, 5) is 17.6. The molecular formula is C21H24FN3O2S. The van der Waals surface area contributed by atoms with Crippen molar-refractivity contribution in [2.75, 3.05) is 55.7 Å². The van der Waals surface area contributed by atoms with Crippen LogP contribution in [-0.2, 0) is 4.74 Å².